The second kappa shape index (κ2) is 5.82. The van der Waals surface area contributed by atoms with Crippen molar-refractivity contribution in [2.24, 2.45) is 5.92 Å². The standard InChI is InChI=1S/C14H24N4O/c1-4-12-5-7-14(19,8-6-12)9-15-13-16-10(2)11(3)17-18-13/h12,19H,4-9H2,1-3H3,(H,15,16,18). The molecule has 2 rings (SSSR count). The summed E-state index contributed by atoms with van der Waals surface area (Å²) < 4.78 is 0. The minimum Gasteiger partial charge on any atom is -0.388 e. The number of hydrogen-bond donors (Lipinski definition) is 2. The third-order valence-corrected chi connectivity index (χ3v) is 4.28. The van der Waals surface area contributed by atoms with Gasteiger partial charge in [0.1, 0.15) is 0 Å². The number of nitrogens with one attached hydrogen (secondary N) is 1. The van der Waals surface area contributed by atoms with E-state index in [1.165, 1.54) is 6.42 Å². The Balaban J connectivity index is 1.89. The van der Waals surface area contributed by atoms with Crippen molar-refractivity contribution in [3.63, 3.8) is 0 Å². The lowest BCUT2D eigenvalue weighted by Gasteiger charge is -2.35. The van der Waals surface area contributed by atoms with Gasteiger partial charge in [-0.15, -0.1) is 5.10 Å². The van der Waals surface area contributed by atoms with Crippen molar-refractivity contribution in [3.8, 4) is 0 Å². The molecule has 19 heavy (non-hydrogen) atoms. The molecule has 1 heterocycles. The maximum absolute atomic E-state index is 10.5. The third kappa shape index (κ3) is 3.62. The van der Waals surface area contributed by atoms with Crippen LogP contribution in [0.1, 0.15) is 50.4 Å². The monoisotopic (exact) mass is 264 g/mol. The lowest BCUT2D eigenvalue weighted by Crippen LogP contribution is -2.40. The van der Waals surface area contributed by atoms with E-state index in [9.17, 15) is 5.11 Å². The molecule has 0 saturated heterocycles. The fourth-order valence-corrected chi connectivity index (χ4v) is 2.58. The molecule has 1 aromatic rings. The highest BCUT2D eigenvalue weighted by Crippen LogP contribution is 2.33. The number of aromatic nitrogens is 3. The Morgan fingerprint density at radius 3 is 2.47 bits per heavy atom. The topological polar surface area (TPSA) is 70.9 Å². The zero-order chi connectivity index (χ0) is 13.9. The Hall–Kier alpha value is -1.23. The maximum atomic E-state index is 10.5. The van der Waals surface area contributed by atoms with Crippen molar-refractivity contribution in [1.82, 2.24) is 15.2 Å². The van der Waals surface area contributed by atoms with Gasteiger partial charge < -0.3 is 10.4 Å². The largest absolute Gasteiger partial charge is 0.388 e. The molecule has 0 spiro atoms. The molecular formula is C14H24N4O. The molecule has 0 unspecified atom stereocenters. The van der Waals surface area contributed by atoms with Gasteiger partial charge in [0.05, 0.1) is 17.0 Å². The van der Waals surface area contributed by atoms with Gasteiger partial charge in [-0.1, -0.05) is 13.3 Å². The molecule has 1 saturated carbocycles. The molecule has 5 heteroatoms. The van der Waals surface area contributed by atoms with Crippen LogP contribution in [0.3, 0.4) is 0 Å². The first-order valence-corrected chi connectivity index (χ1v) is 7.16. The highest BCUT2D eigenvalue weighted by molar-refractivity contribution is 5.25. The van der Waals surface area contributed by atoms with Crippen LogP contribution in [0, 0.1) is 19.8 Å². The fraction of sp³-hybridized carbons (Fsp3) is 0.786. The number of aryl methyl sites for hydroxylation is 2. The van der Waals surface area contributed by atoms with Crippen LogP contribution in [-0.4, -0.2) is 32.4 Å². The normalized spacial score (nSPS) is 27.3. The molecule has 1 aliphatic rings. The smallest absolute Gasteiger partial charge is 0.243 e. The minimum absolute atomic E-state index is 0.508. The van der Waals surface area contributed by atoms with Crippen LogP contribution in [-0.2, 0) is 0 Å². The van der Waals surface area contributed by atoms with Crippen LogP contribution in [0.2, 0.25) is 0 Å². The first-order chi connectivity index (χ1) is 9.02. The highest BCUT2D eigenvalue weighted by Gasteiger charge is 2.32. The molecule has 5 nitrogen and oxygen atoms in total. The van der Waals surface area contributed by atoms with E-state index in [1.54, 1.807) is 0 Å². The van der Waals surface area contributed by atoms with Crippen LogP contribution in [0.15, 0.2) is 0 Å². The van der Waals surface area contributed by atoms with Gasteiger partial charge >= 0.3 is 0 Å². The predicted octanol–water partition coefficient (Wildman–Crippen LogP) is 2.23. The van der Waals surface area contributed by atoms with Crippen molar-refractivity contribution >= 4 is 5.95 Å². The number of aliphatic hydroxyl groups is 1. The van der Waals surface area contributed by atoms with Gasteiger partial charge in [-0.3, -0.25) is 0 Å². The van der Waals surface area contributed by atoms with E-state index in [4.69, 9.17) is 0 Å². The lowest BCUT2D eigenvalue weighted by atomic mass is 9.78. The van der Waals surface area contributed by atoms with Crippen molar-refractivity contribution in [3.05, 3.63) is 11.4 Å². The summed E-state index contributed by atoms with van der Waals surface area (Å²) in [5, 5.41) is 21.7. The Bertz CT molecular complexity index is 427. The molecule has 1 aliphatic carbocycles. The third-order valence-electron chi connectivity index (χ3n) is 4.28. The Kier molecular flexibility index (Phi) is 4.34. The number of rotatable bonds is 4. The molecular weight excluding hydrogens is 240 g/mol. The first kappa shape index (κ1) is 14.2. The van der Waals surface area contributed by atoms with Crippen LogP contribution in [0.5, 0.6) is 0 Å². The zero-order valence-corrected chi connectivity index (χ0v) is 12.1. The van der Waals surface area contributed by atoms with Gasteiger partial charge in [-0.25, -0.2) is 4.98 Å². The molecule has 0 aromatic carbocycles. The maximum Gasteiger partial charge on any atom is 0.243 e. The van der Waals surface area contributed by atoms with Gasteiger partial charge in [0.25, 0.3) is 0 Å². The van der Waals surface area contributed by atoms with Crippen LogP contribution < -0.4 is 5.32 Å². The Morgan fingerprint density at radius 2 is 1.89 bits per heavy atom. The average molecular weight is 264 g/mol. The SMILES string of the molecule is CCC1CCC(O)(CNc2nnc(C)c(C)n2)CC1. The van der Waals surface area contributed by atoms with Crippen molar-refractivity contribution in [1.29, 1.82) is 0 Å². The van der Waals surface area contributed by atoms with Crippen LogP contribution >= 0.6 is 0 Å². The summed E-state index contributed by atoms with van der Waals surface area (Å²) >= 11 is 0. The zero-order valence-electron chi connectivity index (χ0n) is 12.1. The molecule has 106 valence electrons. The van der Waals surface area contributed by atoms with Crippen LogP contribution in [0.4, 0.5) is 5.95 Å². The number of hydrogen-bond acceptors (Lipinski definition) is 5. The first-order valence-electron chi connectivity index (χ1n) is 7.16. The molecule has 0 radical (unpaired) electrons. The summed E-state index contributed by atoms with van der Waals surface area (Å²) in [6.07, 6.45) is 5.16. The van der Waals surface area contributed by atoms with Crippen molar-refractivity contribution in [2.75, 3.05) is 11.9 Å². The van der Waals surface area contributed by atoms with E-state index in [0.29, 0.717) is 12.5 Å². The quantitative estimate of drug-likeness (QED) is 0.872. The Labute approximate surface area is 114 Å². The minimum atomic E-state index is -0.617. The van der Waals surface area contributed by atoms with Crippen molar-refractivity contribution < 1.29 is 5.11 Å². The summed E-state index contributed by atoms with van der Waals surface area (Å²) in [6, 6.07) is 0. The predicted molar refractivity (Wildman–Crippen MR) is 75.0 cm³/mol. The van der Waals surface area contributed by atoms with Gasteiger partial charge in [0.2, 0.25) is 5.95 Å². The molecule has 1 aromatic heterocycles. The number of nitrogens with zero attached hydrogens (tertiary/aromatic N) is 3. The van der Waals surface area contributed by atoms with Gasteiger partial charge in [0.15, 0.2) is 0 Å². The second-order valence-electron chi connectivity index (χ2n) is 5.74. The second-order valence-corrected chi connectivity index (χ2v) is 5.74. The molecule has 0 bridgehead atoms. The van der Waals surface area contributed by atoms with E-state index < -0.39 is 5.60 Å². The molecule has 0 aliphatic heterocycles. The number of anilines is 1. The van der Waals surface area contributed by atoms with Gasteiger partial charge in [-0.2, -0.15) is 5.10 Å². The molecule has 0 atom stereocenters. The van der Waals surface area contributed by atoms with Gasteiger partial charge in [0, 0.05) is 6.54 Å². The fourth-order valence-electron chi connectivity index (χ4n) is 2.58. The van der Waals surface area contributed by atoms with E-state index in [1.807, 2.05) is 13.8 Å². The van der Waals surface area contributed by atoms with Crippen molar-refractivity contribution in [2.45, 2.75) is 58.5 Å². The lowest BCUT2D eigenvalue weighted by molar-refractivity contribution is 0.00214. The van der Waals surface area contributed by atoms with Gasteiger partial charge in [-0.05, 0) is 45.4 Å². The summed E-state index contributed by atoms with van der Waals surface area (Å²) in [5.41, 5.74) is 1.10. The van der Waals surface area contributed by atoms with E-state index in [2.05, 4.69) is 27.4 Å². The van der Waals surface area contributed by atoms with E-state index >= 15 is 0 Å². The summed E-state index contributed by atoms with van der Waals surface area (Å²) in [7, 11) is 0. The van der Waals surface area contributed by atoms with Crippen LogP contribution in [0.25, 0.3) is 0 Å². The molecule has 0 amide bonds. The highest BCUT2D eigenvalue weighted by atomic mass is 16.3. The van der Waals surface area contributed by atoms with E-state index in [0.717, 1.165) is 43.0 Å². The molecule has 1 fully saturated rings. The average Bonchev–Trinajstić information content (AvgIpc) is 2.41. The summed E-state index contributed by atoms with van der Waals surface area (Å²) in [4.78, 5) is 4.32. The van der Waals surface area contributed by atoms with E-state index in [-0.39, 0.29) is 0 Å². The summed E-state index contributed by atoms with van der Waals surface area (Å²) in [6.45, 7) is 6.53. The Morgan fingerprint density at radius 1 is 1.21 bits per heavy atom. The molecule has 2 N–H and O–H groups in total. The summed E-state index contributed by atoms with van der Waals surface area (Å²) in [5.74, 6) is 1.29.